The van der Waals surface area contributed by atoms with Gasteiger partial charge in [-0.25, -0.2) is 4.98 Å². The lowest BCUT2D eigenvalue weighted by molar-refractivity contribution is -0.138. The zero-order valence-corrected chi connectivity index (χ0v) is 19.2. The van der Waals surface area contributed by atoms with Gasteiger partial charge in [-0.2, -0.15) is 0 Å². The van der Waals surface area contributed by atoms with Crippen molar-refractivity contribution in [1.82, 2.24) is 14.9 Å². The number of pyridine rings is 2. The number of likely N-dealkylation sites (tertiary alicyclic amines) is 1. The molecule has 0 bridgehead atoms. The highest BCUT2D eigenvalue weighted by molar-refractivity contribution is 5.84. The molecule has 2 aliphatic heterocycles. The van der Waals surface area contributed by atoms with Gasteiger partial charge in [0.2, 0.25) is 5.91 Å². The average Bonchev–Trinajstić information content (AvgIpc) is 3.22. The first-order valence-corrected chi connectivity index (χ1v) is 12.2. The number of nitrogens with one attached hydrogen (secondary N) is 1. The SMILES string of the molecule is O=C(O)C[C@H](c1cnc2ccccc2c1)[C@@H]1CCN(CCCc2ccc3c(n2)NCCC3)C1=O. The summed E-state index contributed by atoms with van der Waals surface area (Å²) in [7, 11) is 0. The smallest absolute Gasteiger partial charge is 0.303 e. The number of aromatic nitrogens is 2. The molecule has 0 radical (unpaired) electrons. The van der Waals surface area contributed by atoms with Gasteiger partial charge in [0.05, 0.1) is 11.9 Å². The van der Waals surface area contributed by atoms with Crippen LogP contribution in [0.1, 0.15) is 48.4 Å². The van der Waals surface area contributed by atoms with Crippen molar-refractivity contribution in [3.8, 4) is 0 Å². The Morgan fingerprint density at radius 1 is 1.24 bits per heavy atom. The molecule has 0 spiro atoms. The molecule has 1 fully saturated rings. The van der Waals surface area contributed by atoms with E-state index in [9.17, 15) is 14.7 Å². The summed E-state index contributed by atoms with van der Waals surface area (Å²) in [5.41, 5.74) is 4.01. The number of nitrogens with zero attached hydrogens (tertiary/aromatic N) is 3. The number of para-hydroxylation sites is 1. The lowest BCUT2D eigenvalue weighted by Crippen LogP contribution is -2.31. The highest BCUT2D eigenvalue weighted by Gasteiger charge is 2.38. The summed E-state index contributed by atoms with van der Waals surface area (Å²) in [5.74, 6) is -0.539. The van der Waals surface area contributed by atoms with E-state index in [1.807, 2.05) is 35.2 Å². The summed E-state index contributed by atoms with van der Waals surface area (Å²) in [5, 5.41) is 13.9. The van der Waals surface area contributed by atoms with Gasteiger partial charge in [0.1, 0.15) is 5.82 Å². The molecule has 1 saturated heterocycles. The van der Waals surface area contributed by atoms with Crippen molar-refractivity contribution in [2.45, 2.75) is 44.4 Å². The maximum absolute atomic E-state index is 13.3. The number of hydrogen-bond donors (Lipinski definition) is 2. The van der Waals surface area contributed by atoms with Crippen molar-refractivity contribution >= 4 is 28.6 Å². The molecule has 7 nitrogen and oxygen atoms in total. The number of carboxylic acid groups (broad SMARTS) is 1. The average molecular weight is 459 g/mol. The van der Waals surface area contributed by atoms with Crippen molar-refractivity contribution in [3.63, 3.8) is 0 Å². The number of aryl methyl sites for hydroxylation is 2. The molecule has 0 unspecified atom stereocenters. The third-order valence-corrected chi connectivity index (χ3v) is 7.07. The molecule has 0 saturated carbocycles. The highest BCUT2D eigenvalue weighted by atomic mass is 16.4. The molecule has 34 heavy (non-hydrogen) atoms. The summed E-state index contributed by atoms with van der Waals surface area (Å²) in [6.45, 7) is 2.30. The number of rotatable bonds is 8. The number of aliphatic carboxylic acids is 1. The van der Waals surface area contributed by atoms with Crippen LogP contribution >= 0.6 is 0 Å². The van der Waals surface area contributed by atoms with Crippen molar-refractivity contribution in [2.75, 3.05) is 25.0 Å². The zero-order chi connectivity index (χ0) is 23.5. The number of carbonyl (C=O) groups is 2. The van der Waals surface area contributed by atoms with Crippen LogP contribution in [0.3, 0.4) is 0 Å². The van der Waals surface area contributed by atoms with Crippen molar-refractivity contribution in [2.24, 2.45) is 5.92 Å². The van der Waals surface area contributed by atoms with Gasteiger partial charge in [-0.05, 0) is 61.4 Å². The van der Waals surface area contributed by atoms with Crippen LogP contribution in [0, 0.1) is 5.92 Å². The van der Waals surface area contributed by atoms with Crippen molar-refractivity contribution in [3.05, 3.63) is 65.5 Å². The minimum atomic E-state index is -0.892. The zero-order valence-electron chi connectivity index (χ0n) is 19.2. The van der Waals surface area contributed by atoms with Crippen molar-refractivity contribution < 1.29 is 14.7 Å². The molecule has 2 aromatic heterocycles. The van der Waals surface area contributed by atoms with E-state index in [-0.39, 0.29) is 24.2 Å². The molecule has 7 heteroatoms. The van der Waals surface area contributed by atoms with Gasteiger partial charge in [-0.15, -0.1) is 0 Å². The fraction of sp³-hybridized carbons (Fsp3) is 0.407. The van der Waals surface area contributed by atoms with E-state index in [0.717, 1.165) is 60.2 Å². The first kappa shape index (κ1) is 22.3. The number of carboxylic acids is 1. The number of amides is 1. The summed E-state index contributed by atoms with van der Waals surface area (Å²) in [4.78, 5) is 36.1. The van der Waals surface area contributed by atoms with Gasteiger partial charge in [0, 0.05) is 48.7 Å². The molecule has 3 aromatic rings. The Balaban J connectivity index is 1.24. The third-order valence-electron chi connectivity index (χ3n) is 7.07. The summed E-state index contributed by atoms with van der Waals surface area (Å²) in [6.07, 6.45) is 6.21. The van der Waals surface area contributed by atoms with Crippen LogP contribution in [-0.2, 0) is 22.4 Å². The lowest BCUT2D eigenvalue weighted by atomic mass is 9.83. The first-order valence-electron chi connectivity index (χ1n) is 12.2. The normalized spacial score (nSPS) is 18.5. The highest BCUT2D eigenvalue weighted by Crippen LogP contribution is 2.36. The van der Waals surface area contributed by atoms with Gasteiger partial charge in [0.25, 0.3) is 0 Å². The Kier molecular flexibility index (Phi) is 6.43. The second-order valence-electron chi connectivity index (χ2n) is 9.33. The predicted molar refractivity (Wildman–Crippen MR) is 131 cm³/mol. The van der Waals surface area contributed by atoms with Crippen LogP contribution < -0.4 is 5.32 Å². The summed E-state index contributed by atoms with van der Waals surface area (Å²) >= 11 is 0. The second kappa shape index (κ2) is 9.79. The Bertz CT molecular complexity index is 1210. The van der Waals surface area contributed by atoms with Crippen LogP contribution in [0.25, 0.3) is 10.9 Å². The van der Waals surface area contributed by atoms with E-state index in [2.05, 4.69) is 22.4 Å². The van der Waals surface area contributed by atoms with E-state index in [1.54, 1.807) is 6.20 Å². The molecule has 2 N–H and O–H groups in total. The Hall–Kier alpha value is -3.48. The second-order valence-corrected chi connectivity index (χ2v) is 9.33. The molecular formula is C27H30N4O3. The maximum atomic E-state index is 13.3. The summed E-state index contributed by atoms with van der Waals surface area (Å²) < 4.78 is 0. The van der Waals surface area contributed by atoms with E-state index >= 15 is 0 Å². The van der Waals surface area contributed by atoms with E-state index in [0.29, 0.717) is 19.5 Å². The third kappa shape index (κ3) is 4.74. The minimum absolute atomic E-state index is 0.0551. The molecule has 2 atom stereocenters. The minimum Gasteiger partial charge on any atom is -0.481 e. The number of fused-ring (bicyclic) bond motifs is 2. The fourth-order valence-electron chi connectivity index (χ4n) is 5.29. The van der Waals surface area contributed by atoms with Gasteiger partial charge in [0.15, 0.2) is 0 Å². The van der Waals surface area contributed by atoms with Gasteiger partial charge >= 0.3 is 5.97 Å². The number of anilines is 1. The van der Waals surface area contributed by atoms with Crippen LogP contribution in [-0.4, -0.2) is 51.5 Å². The molecular weight excluding hydrogens is 428 g/mol. The largest absolute Gasteiger partial charge is 0.481 e. The van der Waals surface area contributed by atoms with Crippen LogP contribution in [0.15, 0.2) is 48.7 Å². The molecule has 0 aliphatic carbocycles. The Morgan fingerprint density at radius 3 is 3.00 bits per heavy atom. The van der Waals surface area contributed by atoms with E-state index < -0.39 is 5.97 Å². The van der Waals surface area contributed by atoms with E-state index in [1.165, 1.54) is 5.56 Å². The predicted octanol–water partition coefficient (Wildman–Crippen LogP) is 4.03. The van der Waals surface area contributed by atoms with Crippen LogP contribution in [0.4, 0.5) is 5.82 Å². The number of hydrogen-bond acceptors (Lipinski definition) is 5. The molecule has 176 valence electrons. The van der Waals surface area contributed by atoms with Gasteiger partial charge in [-0.1, -0.05) is 24.3 Å². The van der Waals surface area contributed by atoms with Gasteiger partial charge < -0.3 is 15.3 Å². The Labute approximate surface area is 199 Å². The maximum Gasteiger partial charge on any atom is 0.303 e. The summed E-state index contributed by atoms with van der Waals surface area (Å²) in [6, 6.07) is 14.0. The monoisotopic (exact) mass is 458 g/mol. The first-order chi connectivity index (χ1) is 16.6. The number of benzene rings is 1. The van der Waals surface area contributed by atoms with Crippen LogP contribution in [0.2, 0.25) is 0 Å². The Morgan fingerprint density at radius 2 is 2.12 bits per heavy atom. The lowest BCUT2D eigenvalue weighted by Gasteiger charge is -2.23. The van der Waals surface area contributed by atoms with Crippen LogP contribution in [0.5, 0.6) is 0 Å². The van der Waals surface area contributed by atoms with Crippen molar-refractivity contribution in [1.29, 1.82) is 0 Å². The topological polar surface area (TPSA) is 95.4 Å². The standard InChI is InChI=1S/C27H30N4O3/c32-25(33)16-23(20-15-19-5-1-2-8-24(19)29-17-20)22-11-14-31(27(22)34)13-4-7-21-10-9-18-6-3-12-28-26(18)30-21/h1-2,5,8-10,15,17,22-23H,3-4,6-7,11-14,16H2,(H,28,30)(H,32,33)/t22-,23+/m0/s1. The number of carbonyl (C=O) groups excluding carboxylic acids is 1. The molecule has 5 rings (SSSR count). The molecule has 4 heterocycles. The van der Waals surface area contributed by atoms with Gasteiger partial charge in [-0.3, -0.25) is 14.6 Å². The molecule has 1 aromatic carbocycles. The molecule has 2 aliphatic rings. The fourth-order valence-corrected chi connectivity index (χ4v) is 5.29. The van der Waals surface area contributed by atoms with E-state index in [4.69, 9.17) is 4.98 Å². The molecule has 1 amide bonds. The quantitative estimate of drug-likeness (QED) is 0.529.